The zero-order chi connectivity index (χ0) is 34.6. The highest BCUT2D eigenvalue weighted by molar-refractivity contribution is 6.33. The van der Waals surface area contributed by atoms with E-state index in [1.54, 1.807) is 31.0 Å². The van der Waals surface area contributed by atoms with Crippen LogP contribution in [-0.2, 0) is 19.1 Å². The topological polar surface area (TPSA) is 150 Å². The van der Waals surface area contributed by atoms with E-state index in [4.69, 9.17) is 21.1 Å². The van der Waals surface area contributed by atoms with Crippen LogP contribution in [0.4, 0.5) is 22.9 Å². The Bertz CT molecular complexity index is 1660. The molecule has 2 fully saturated rings. The minimum absolute atomic E-state index is 0.283. The Hall–Kier alpha value is -4.20. The number of carbonyl (C=O) groups is 3. The van der Waals surface area contributed by atoms with Gasteiger partial charge in [-0.05, 0) is 56.5 Å². The molecule has 5 rings (SSSR count). The number of anilines is 4. The zero-order valence-electron chi connectivity index (χ0n) is 28.4. The first-order valence-electron chi connectivity index (χ1n) is 16.2. The molecule has 1 unspecified atom stereocenters. The molecule has 14 heteroatoms. The van der Waals surface area contributed by atoms with Crippen LogP contribution < -0.4 is 30.9 Å². The Balaban J connectivity index is 1.37. The number of nitrogens with zero attached hydrogens (tertiary/aromatic N) is 4. The number of benzene rings is 2. The van der Waals surface area contributed by atoms with Crippen molar-refractivity contribution in [2.75, 3.05) is 62.5 Å². The summed E-state index contributed by atoms with van der Waals surface area (Å²) < 4.78 is 11.1. The van der Waals surface area contributed by atoms with E-state index in [1.165, 1.54) is 13.4 Å². The van der Waals surface area contributed by atoms with E-state index in [0.29, 0.717) is 65.8 Å². The van der Waals surface area contributed by atoms with E-state index >= 15 is 0 Å². The number of amides is 3. The van der Waals surface area contributed by atoms with Crippen LogP contribution >= 0.6 is 11.6 Å². The molecule has 2 aliphatic heterocycles. The van der Waals surface area contributed by atoms with Gasteiger partial charge in [0.15, 0.2) is 0 Å². The Morgan fingerprint density at radius 1 is 1.08 bits per heavy atom. The highest BCUT2D eigenvalue weighted by Crippen LogP contribution is 2.36. The summed E-state index contributed by atoms with van der Waals surface area (Å²) in [7, 11) is 3.20. The number of morpholine rings is 1. The number of hydrogen-bond acceptors (Lipinski definition) is 10. The number of aromatic nitrogens is 2. The molecular weight excluding hydrogens is 636 g/mol. The molecule has 4 N–H and O–H groups in total. The normalized spacial score (nSPS) is 17.9. The van der Waals surface area contributed by atoms with Crippen molar-refractivity contribution in [1.82, 2.24) is 25.5 Å². The Morgan fingerprint density at radius 3 is 2.50 bits per heavy atom. The van der Waals surface area contributed by atoms with Gasteiger partial charge in [-0.3, -0.25) is 14.4 Å². The van der Waals surface area contributed by atoms with Gasteiger partial charge in [-0.1, -0.05) is 32.4 Å². The van der Waals surface area contributed by atoms with Gasteiger partial charge >= 0.3 is 0 Å². The molecular formula is C34H45ClN8O5. The van der Waals surface area contributed by atoms with Crippen LogP contribution in [0.15, 0.2) is 36.7 Å². The van der Waals surface area contributed by atoms with Gasteiger partial charge in [0.25, 0.3) is 0 Å². The number of rotatable bonds is 10. The largest absolute Gasteiger partial charge is 0.494 e. The Labute approximate surface area is 286 Å². The van der Waals surface area contributed by atoms with Crippen molar-refractivity contribution in [3.63, 3.8) is 0 Å². The van der Waals surface area contributed by atoms with E-state index in [2.05, 4.69) is 36.1 Å². The molecule has 3 atom stereocenters. The average Bonchev–Trinajstić information content (AvgIpc) is 3.57. The fourth-order valence-electron chi connectivity index (χ4n) is 5.96. The minimum Gasteiger partial charge on any atom is -0.494 e. The summed E-state index contributed by atoms with van der Waals surface area (Å²) in [6.07, 6.45) is 2.60. The van der Waals surface area contributed by atoms with Crippen molar-refractivity contribution in [2.45, 2.75) is 58.7 Å². The molecule has 2 saturated heterocycles. The van der Waals surface area contributed by atoms with Crippen molar-refractivity contribution in [3.05, 3.63) is 41.7 Å². The lowest BCUT2D eigenvalue weighted by Gasteiger charge is -2.36. The van der Waals surface area contributed by atoms with Crippen LogP contribution in [0.3, 0.4) is 0 Å². The maximum atomic E-state index is 13.9. The van der Waals surface area contributed by atoms with Gasteiger partial charge in [0.2, 0.25) is 17.7 Å². The lowest BCUT2D eigenvalue weighted by Crippen LogP contribution is -2.59. The molecule has 2 aromatic carbocycles. The van der Waals surface area contributed by atoms with Crippen molar-refractivity contribution in [1.29, 1.82) is 0 Å². The van der Waals surface area contributed by atoms with Gasteiger partial charge in [0.05, 0.1) is 48.3 Å². The molecule has 0 saturated carbocycles. The molecule has 3 heterocycles. The summed E-state index contributed by atoms with van der Waals surface area (Å²) in [4.78, 5) is 53.2. The Kier molecular flexibility index (Phi) is 10.9. The molecule has 1 aromatic heterocycles. The second-order valence-electron chi connectivity index (χ2n) is 13.2. The number of hydrogen-bond donors (Lipinski definition) is 4. The number of methoxy groups -OCH3 is 1. The van der Waals surface area contributed by atoms with Gasteiger partial charge in [-0.25, -0.2) is 9.97 Å². The third-order valence-electron chi connectivity index (χ3n) is 8.84. The fraction of sp³-hybridized carbons (Fsp3) is 0.500. The minimum atomic E-state index is -0.813. The Morgan fingerprint density at radius 2 is 1.83 bits per heavy atom. The maximum absolute atomic E-state index is 13.9. The number of carbonyl (C=O) groups excluding carboxylic acids is 3. The second-order valence-corrected chi connectivity index (χ2v) is 13.6. The summed E-state index contributed by atoms with van der Waals surface area (Å²) in [5.41, 5.74) is 2.12. The monoisotopic (exact) mass is 680 g/mol. The van der Waals surface area contributed by atoms with E-state index in [-0.39, 0.29) is 17.7 Å². The van der Waals surface area contributed by atoms with Gasteiger partial charge in [-0.15, -0.1) is 0 Å². The van der Waals surface area contributed by atoms with Crippen molar-refractivity contribution in [3.8, 4) is 5.75 Å². The third kappa shape index (κ3) is 7.74. The summed E-state index contributed by atoms with van der Waals surface area (Å²) in [5.74, 6) is 0.00736. The van der Waals surface area contributed by atoms with Gasteiger partial charge < -0.3 is 40.5 Å². The summed E-state index contributed by atoms with van der Waals surface area (Å²) in [6.45, 7) is 10.7. The van der Waals surface area contributed by atoms with E-state index in [0.717, 1.165) is 24.5 Å². The lowest BCUT2D eigenvalue weighted by molar-refractivity contribution is -0.143. The first-order valence-corrected chi connectivity index (χ1v) is 16.6. The lowest BCUT2D eigenvalue weighted by atomic mass is 9.85. The fourth-order valence-corrected chi connectivity index (χ4v) is 6.26. The molecule has 258 valence electrons. The van der Waals surface area contributed by atoms with Crippen LogP contribution in [0.5, 0.6) is 5.75 Å². The number of nitrogens with one attached hydrogen (secondary N) is 4. The highest BCUT2D eigenvalue weighted by atomic mass is 35.5. The van der Waals surface area contributed by atoms with E-state index in [9.17, 15) is 14.4 Å². The third-order valence-corrected chi connectivity index (χ3v) is 9.14. The molecule has 48 heavy (non-hydrogen) atoms. The van der Waals surface area contributed by atoms with Crippen LogP contribution in [0.2, 0.25) is 5.02 Å². The predicted molar refractivity (Wildman–Crippen MR) is 187 cm³/mol. The first-order chi connectivity index (χ1) is 22.9. The summed E-state index contributed by atoms with van der Waals surface area (Å²) in [6, 6.07) is 7.24. The molecule has 0 radical (unpaired) electrons. The van der Waals surface area contributed by atoms with Crippen molar-refractivity contribution in [2.24, 2.45) is 5.41 Å². The smallest absolute Gasteiger partial charge is 0.247 e. The van der Waals surface area contributed by atoms with Gasteiger partial charge in [0, 0.05) is 36.8 Å². The molecule has 0 aliphatic carbocycles. The van der Waals surface area contributed by atoms with E-state index in [1.807, 2.05) is 39.0 Å². The molecule has 2 aliphatic rings. The molecule has 0 bridgehead atoms. The predicted octanol–water partition coefficient (Wildman–Crippen LogP) is 3.94. The SMILES string of the molecule is CN[C@@H](C)C(=O)N[C@H](C(=O)N1CCCC1C(=O)Nc1cc2c(Nc3ccc(N4CCOCC4)c(Cl)c3)ncnc2cc1OC)C(C)(C)C. The number of likely N-dealkylation sites (tertiary alicyclic amines) is 1. The number of fused-ring (bicyclic) bond motifs is 1. The van der Waals surface area contributed by atoms with Crippen LogP contribution in [-0.4, -0.2) is 97.7 Å². The van der Waals surface area contributed by atoms with Crippen LogP contribution in [0.1, 0.15) is 40.5 Å². The molecule has 3 aromatic rings. The van der Waals surface area contributed by atoms with Crippen LogP contribution in [0.25, 0.3) is 10.9 Å². The van der Waals surface area contributed by atoms with Crippen LogP contribution in [0, 0.1) is 5.41 Å². The second kappa shape index (κ2) is 14.9. The number of halogens is 1. The van der Waals surface area contributed by atoms with Gasteiger partial charge in [-0.2, -0.15) is 0 Å². The number of likely N-dealkylation sites (N-methyl/N-ethyl adjacent to an activating group) is 1. The maximum Gasteiger partial charge on any atom is 0.247 e. The number of ether oxygens (including phenoxy) is 2. The van der Waals surface area contributed by atoms with E-state index < -0.39 is 23.5 Å². The van der Waals surface area contributed by atoms with Crippen molar-refractivity contribution >= 4 is 63.1 Å². The zero-order valence-corrected chi connectivity index (χ0v) is 29.1. The van der Waals surface area contributed by atoms with Crippen molar-refractivity contribution < 1.29 is 23.9 Å². The van der Waals surface area contributed by atoms with Gasteiger partial charge in [0.1, 0.15) is 30.0 Å². The summed E-state index contributed by atoms with van der Waals surface area (Å²) >= 11 is 6.68. The summed E-state index contributed by atoms with van der Waals surface area (Å²) in [5, 5.41) is 13.4. The molecule has 3 amide bonds. The first kappa shape index (κ1) is 35.1. The standard InChI is InChI=1S/C34H45ClN8O5/c1-20(36-5)31(44)41-29(34(2,3)4)33(46)43-11-7-8-27(43)32(45)40-25-17-22-24(18-28(25)47-6)37-19-38-30(22)39-21-9-10-26(23(35)16-21)42-12-14-48-15-13-42/h9-10,16-20,27,29,36H,7-8,11-15H2,1-6H3,(H,40,45)(H,41,44)(H,37,38,39)/t20-,27?,29+/m0/s1. The molecule has 13 nitrogen and oxygen atoms in total. The average molecular weight is 681 g/mol. The molecule has 0 spiro atoms. The highest BCUT2D eigenvalue weighted by Gasteiger charge is 2.42. The quantitative estimate of drug-likeness (QED) is 0.248.